The fourth-order valence-electron chi connectivity index (χ4n) is 2.54. The molecule has 1 atom stereocenters. The van der Waals surface area contributed by atoms with Gasteiger partial charge in [0.25, 0.3) is 0 Å². The molecule has 0 aliphatic carbocycles. The van der Waals surface area contributed by atoms with Gasteiger partial charge in [-0.2, -0.15) is 4.72 Å². The maximum absolute atomic E-state index is 13.9. The van der Waals surface area contributed by atoms with E-state index in [2.05, 4.69) is 9.71 Å². The number of nitrogens with one attached hydrogen (secondary N) is 1. The molecular formula is C19H24FN3O3S. The predicted molar refractivity (Wildman–Crippen MR) is 101 cm³/mol. The molecule has 27 heavy (non-hydrogen) atoms. The van der Waals surface area contributed by atoms with Crippen molar-refractivity contribution in [3.63, 3.8) is 0 Å². The van der Waals surface area contributed by atoms with Gasteiger partial charge in [0.15, 0.2) is 0 Å². The Morgan fingerprint density at radius 2 is 1.85 bits per heavy atom. The zero-order chi connectivity index (χ0) is 20.0. The molecule has 0 aliphatic rings. The van der Waals surface area contributed by atoms with Crippen LogP contribution >= 0.6 is 0 Å². The van der Waals surface area contributed by atoms with Crippen LogP contribution in [0.1, 0.15) is 19.5 Å². The average molecular weight is 393 g/mol. The summed E-state index contributed by atoms with van der Waals surface area (Å²) in [4.78, 5) is 18.0. The number of sulfonamides is 1. The molecule has 2 aromatic rings. The van der Waals surface area contributed by atoms with Crippen molar-refractivity contribution in [3.8, 4) is 0 Å². The Balaban J connectivity index is 2.11. The summed E-state index contributed by atoms with van der Waals surface area (Å²) in [5.74, 6) is -1.54. The minimum absolute atomic E-state index is 0.309. The summed E-state index contributed by atoms with van der Waals surface area (Å²) in [5.41, 5.74) is 0.838. The Morgan fingerprint density at radius 3 is 2.44 bits per heavy atom. The number of hydrogen-bond acceptors (Lipinski definition) is 4. The first kappa shape index (κ1) is 21.0. The molecule has 1 amide bonds. The number of hydrogen-bond donors (Lipinski definition) is 1. The van der Waals surface area contributed by atoms with E-state index in [4.69, 9.17) is 0 Å². The molecule has 0 radical (unpaired) electrons. The van der Waals surface area contributed by atoms with Gasteiger partial charge in [-0.05, 0) is 30.2 Å². The summed E-state index contributed by atoms with van der Waals surface area (Å²) >= 11 is 0. The standard InChI is InChI=1S/C19H24FN3O3S/c1-14(2)18(22-27(25,26)17-10-5-4-9-16(17)20)19(24)23(3)13-11-15-8-6-7-12-21-15/h4-10,12,14,18,22H,11,13H2,1-3H3/t18-/m0/s1. The highest BCUT2D eigenvalue weighted by Crippen LogP contribution is 2.16. The van der Waals surface area contributed by atoms with Crippen molar-refractivity contribution in [3.05, 3.63) is 60.2 Å². The van der Waals surface area contributed by atoms with Gasteiger partial charge in [-0.25, -0.2) is 12.8 Å². The molecule has 1 N–H and O–H groups in total. The summed E-state index contributed by atoms with van der Waals surface area (Å²) in [6.07, 6.45) is 2.23. The number of halogens is 1. The molecule has 1 heterocycles. The van der Waals surface area contributed by atoms with Crippen molar-refractivity contribution in [1.29, 1.82) is 0 Å². The largest absolute Gasteiger partial charge is 0.344 e. The first-order valence-electron chi connectivity index (χ1n) is 8.64. The van der Waals surface area contributed by atoms with Crippen LogP contribution in [0.4, 0.5) is 4.39 Å². The highest BCUT2D eigenvalue weighted by Gasteiger charge is 2.31. The van der Waals surface area contributed by atoms with Crippen LogP contribution in [0, 0.1) is 11.7 Å². The average Bonchev–Trinajstić information content (AvgIpc) is 2.64. The lowest BCUT2D eigenvalue weighted by Gasteiger charge is -2.27. The van der Waals surface area contributed by atoms with Gasteiger partial charge >= 0.3 is 0 Å². The van der Waals surface area contributed by atoms with E-state index >= 15 is 0 Å². The summed E-state index contributed by atoms with van der Waals surface area (Å²) in [5, 5.41) is 0. The van der Waals surface area contributed by atoms with Gasteiger partial charge in [-0.3, -0.25) is 9.78 Å². The lowest BCUT2D eigenvalue weighted by Crippen LogP contribution is -2.50. The lowest BCUT2D eigenvalue weighted by molar-refractivity contribution is -0.132. The second kappa shape index (κ2) is 9.05. The Kier molecular flexibility index (Phi) is 7.04. The number of pyridine rings is 1. The van der Waals surface area contributed by atoms with Gasteiger partial charge in [-0.1, -0.05) is 32.0 Å². The number of aromatic nitrogens is 1. The van der Waals surface area contributed by atoms with Crippen molar-refractivity contribution in [2.24, 2.45) is 5.92 Å². The fourth-order valence-corrected chi connectivity index (χ4v) is 3.96. The number of nitrogens with zero attached hydrogens (tertiary/aromatic N) is 2. The Bertz CT molecular complexity index is 873. The third-order valence-electron chi connectivity index (χ3n) is 4.15. The molecule has 0 saturated heterocycles. The maximum Gasteiger partial charge on any atom is 0.244 e. The van der Waals surface area contributed by atoms with Crippen molar-refractivity contribution >= 4 is 15.9 Å². The molecular weight excluding hydrogens is 369 g/mol. The van der Waals surface area contributed by atoms with Crippen LogP contribution in [-0.2, 0) is 21.2 Å². The molecule has 0 fully saturated rings. The first-order chi connectivity index (χ1) is 12.7. The second-order valence-corrected chi connectivity index (χ2v) is 8.29. The minimum atomic E-state index is -4.17. The van der Waals surface area contributed by atoms with Gasteiger partial charge in [0, 0.05) is 31.9 Å². The molecule has 0 bridgehead atoms. The smallest absolute Gasteiger partial charge is 0.244 e. The highest BCUT2D eigenvalue weighted by atomic mass is 32.2. The van der Waals surface area contributed by atoms with Crippen LogP contribution in [0.25, 0.3) is 0 Å². The summed E-state index contributed by atoms with van der Waals surface area (Å²) in [6, 6.07) is 9.62. The molecule has 2 rings (SSSR count). The van der Waals surface area contributed by atoms with E-state index in [1.165, 1.54) is 23.1 Å². The number of carbonyl (C=O) groups excluding carboxylic acids is 1. The van der Waals surface area contributed by atoms with Crippen molar-refractivity contribution in [2.45, 2.75) is 31.2 Å². The maximum atomic E-state index is 13.9. The zero-order valence-corrected chi connectivity index (χ0v) is 16.4. The van der Waals surface area contributed by atoms with E-state index in [-0.39, 0.29) is 11.8 Å². The van der Waals surface area contributed by atoms with Crippen molar-refractivity contribution in [2.75, 3.05) is 13.6 Å². The Labute approximate surface area is 159 Å². The molecule has 1 aromatic carbocycles. The van der Waals surface area contributed by atoms with Crippen LogP contribution < -0.4 is 4.72 Å². The van der Waals surface area contributed by atoms with E-state index in [1.54, 1.807) is 27.1 Å². The van der Waals surface area contributed by atoms with Gasteiger partial charge in [0.2, 0.25) is 15.9 Å². The molecule has 1 aromatic heterocycles. The quantitative estimate of drug-likeness (QED) is 0.746. The van der Waals surface area contributed by atoms with Crippen LogP contribution in [-0.4, -0.2) is 43.8 Å². The van der Waals surface area contributed by atoms with E-state index in [0.717, 1.165) is 11.8 Å². The molecule has 6 nitrogen and oxygen atoms in total. The minimum Gasteiger partial charge on any atom is -0.344 e. The monoisotopic (exact) mass is 393 g/mol. The molecule has 0 unspecified atom stereocenters. The summed E-state index contributed by atoms with van der Waals surface area (Å²) in [6.45, 7) is 3.86. The number of benzene rings is 1. The Hall–Kier alpha value is -2.32. The van der Waals surface area contributed by atoms with Crippen LogP contribution in [0.5, 0.6) is 0 Å². The van der Waals surface area contributed by atoms with Crippen molar-refractivity contribution in [1.82, 2.24) is 14.6 Å². The number of rotatable bonds is 8. The van der Waals surface area contributed by atoms with Crippen LogP contribution in [0.15, 0.2) is 53.6 Å². The second-order valence-electron chi connectivity index (χ2n) is 6.60. The van der Waals surface area contributed by atoms with Crippen LogP contribution in [0.2, 0.25) is 0 Å². The predicted octanol–water partition coefficient (Wildman–Crippen LogP) is 2.22. The fraction of sp³-hybridized carbons (Fsp3) is 0.368. The third-order valence-corrected chi connectivity index (χ3v) is 5.62. The van der Waals surface area contributed by atoms with E-state index in [9.17, 15) is 17.6 Å². The Morgan fingerprint density at radius 1 is 1.19 bits per heavy atom. The normalized spacial score (nSPS) is 12.8. The van der Waals surface area contributed by atoms with E-state index < -0.39 is 26.8 Å². The van der Waals surface area contributed by atoms with Gasteiger partial charge < -0.3 is 4.90 Å². The number of amides is 1. The lowest BCUT2D eigenvalue weighted by atomic mass is 10.0. The van der Waals surface area contributed by atoms with E-state index in [0.29, 0.717) is 13.0 Å². The van der Waals surface area contributed by atoms with Gasteiger partial charge in [-0.15, -0.1) is 0 Å². The van der Waals surface area contributed by atoms with Gasteiger partial charge in [0.1, 0.15) is 16.8 Å². The topological polar surface area (TPSA) is 79.4 Å². The summed E-state index contributed by atoms with van der Waals surface area (Å²) in [7, 11) is -2.56. The summed E-state index contributed by atoms with van der Waals surface area (Å²) < 4.78 is 41.3. The number of carbonyl (C=O) groups is 1. The third kappa shape index (κ3) is 5.58. The highest BCUT2D eigenvalue weighted by molar-refractivity contribution is 7.89. The molecule has 146 valence electrons. The van der Waals surface area contributed by atoms with E-state index in [1.807, 2.05) is 18.2 Å². The van der Waals surface area contributed by atoms with Crippen LogP contribution in [0.3, 0.4) is 0 Å². The first-order valence-corrected chi connectivity index (χ1v) is 10.1. The molecule has 8 heteroatoms. The SMILES string of the molecule is CC(C)[C@H](NS(=O)(=O)c1ccccc1F)C(=O)N(C)CCc1ccccn1. The number of likely N-dealkylation sites (N-methyl/N-ethyl adjacent to an activating group) is 1. The van der Waals surface area contributed by atoms with Crippen molar-refractivity contribution < 1.29 is 17.6 Å². The molecule has 0 saturated carbocycles. The molecule has 0 spiro atoms. The zero-order valence-electron chi connectivity index (χ0n) is 15.6. The molecule has 0 aliphatic heterocycles. The van der Waals surface area contributed by atoms with Gasteiger partial charge in [0.05, 0.1) is 0 Å².